The third-order valence-electron chi connectivity index (χ3n) is 1.10. The van der Waals surface area contributed by atoms with Crippen molar-refractivity contribution in [2.75, 3.05) is 6.61 Å². The Morgan fingerprint density at radius 2 is 2.42 bits per heavy atom. The van der Waals surface area contributed by atoms with E-state index in [0.717, 1.165) is 0 Å². The molecule has 0 fully saturated rings. The van der Waals surface area contributed by atoms with Crippen LogP contribution in [-0.4, -0.2) is 18.9 Å². The zero-order chi connectivity index (χ0) is 9.40. The van der Waals surface area contributed by atoms with Crippen LogP contribution in [0.25, 0.3) is 0 Å². The van der Waals surface area contributed by atoms with E-state index < -0.39 is 6.29 Å². The van der Waals surface area contributed by atoms with Gasteiger partial charge in [0.05, 0.1) is 0 Å². The first kappa shape index (κ1) is 11.0. The van der Waals surface area contributed by atoms with Crippen LogP contribution in [0.4, 0.5) is 0 Å². The largest absolute Gasteiger partial charge is 0.436 e. The number of carbonyl (C=O) groups excluding carboxylic acids is 1. The van der Waals surface area contributed by atoms with Gasteiger partial charge in [0.25, 0.3) is 0 Å². The van der Waals surface area contributed by atoms with Crippen LogP contribution < -0.4 is 0 Å². The number of hydrogen-bond donors (Lipinski definition) is 0. The molecule has 0 N–H and O–H groups in total. The number of ether oxygens (including phenoxy) is 2. The first-order valence-corrected chi connectivity index (χ1v) is 3.83. The Morgan fingerprint density at radius 3 is 2.83 bits per heavy atom. The number of hydrogen-bond acceptors (Lipinski definition) is 3. The van der Waals surface area contributed by atoms with Crippen molar-refractivity contribution >= 4 is 5.97 Å². The van der Waals surface area contributed by atoms with Crippen LogP contribution in [0.15, 0.2) is 18.4 Å². The molecule has 0 saturated carbocycles. The van der Waals surface area contributed by atoms with Crippen LogP contribution >= 0.6 is 0 Å². The highest BCUT2D eigenvalue weighted by Gasteiger charge is 2.08. The first-order chi connectivity index (χ1) is 5.70. The molecule has 0 aromatic rings. The molecule has 0 spiro atoms. The van der Waals surface area contributed by atoms with Crippen LogP contribution in [0, 0.1) is 0 Å². The summed E-state index contributed by atoms with van der Waals surface area (Å²) in [6.45, 7) is 7.10. The molecule has 0 heterocycles. The summed E-state index contributed by atoms with van der Waals surface area (Å²) in [4.78, 5) is 10.5. The van der Waals surface area contributed by atoms with Crippen molar-refractivity contribution < 1.29 is 14.3 Å². The fourth-order valence-electron chi connectivity index (χ4n) is 0.701. The third-order valence-corrected chi connectivity index (χ3v) is 1.10. The maximum absolute atomic E-state index is 10.5. The van der Waals surface area contributed by atoms with Crippen molar-refractivity contribution in [3.05, 3.63) is 18.4 Å². The minimum Gasteiger partial charge on any atom is -0.436 e. The van der Waals surface area contributed by atoms with E-state index in [1.54, 1.807) is 6.08 Å². The number of esters is 1. The van der Waals surface area contributed by atoms with Crippen molar-refractivity contribution in [3.8, 4) is 0 Å². The molecule has 1 unspecified atom stereocenters. The van der Waals surface area contributed by atoms with Gasteiger partial charge >= 0.3 is 5.97 Å². The van der Waals surface area contributed by atoms with E-state index in [1.165, 1.54) is 6.92 Å². The van der Waals surface area contributed by atoms with Gasteiger partial charge in [-0.15, -0.1) is 5.73 Å². The predicted molar refractivity (Wildman–Crippen MR) is 45.5 cm³/mol. The molecule has 3 heteroatoms. The second kappa shape index (κ2) is 6.65. The lowest BCUT2D eigenvalue weighted by Gasteiger charge is -2.13. The molecule has 0 amide bonds. The summed E-state index contributed by atoms with van der Waals surface area (Å²) >= 11 is 0. The Morgan fingerprint density at radius 1 is 1.75 bits per heavy atom. The molecule has 68 valence electrons. The minimum absolute atomic E-state index is 0.342. The quantitative estimate of drug-likeness (QED) is 0.357. The summed E-state index contributed by atoms with van der Waals surface area (Å²) in [5, 5.41) is 0. The van der Waals surface area contributed by atoms with Crippen molar-refractivity contribution in [2.45, 2.75) is 26.6 Å². The molecular weight excluding hydrogens is 156 g/mol. The van der Waals surface area contributed by atoms with Crippen LogP contribution in [0.5, 0.6) is 0 Å². The molecule has 1 atom stereocenters. The maximum Gasteiger partial charge on any atom is 0.304 e. The second-order valence-corrected chi connectivity index (χ2v) is 2.14. The van der Waals surface area contributed by atoms with Crippen molar-refractivity contribution in [3.63, 3.8) is 0 Å². The van der Waals surface area contributed by atoms with Crippen LogP contribution in [0.2, 0.25) is 0 Å². The summed E-state index contributed by atoms with van der Waals surface area (Å²) in [7, 11) is 0. The summed E-state index contributed by atoms with van der Waals surface area (Å²) in [5.41, 5.74) is 2.58. The van der Waals surface area contributed by atoms with Gasteiger partial charge in [-0.05, 0) is 13.0 Å². The van der Waals surface area contributed by atoms with Gasteiger partial charge in [0, 0.05) is 20.0 Å². The number of rotatable bonds is 5. The third kappa shape index (κ3) is 5.71. The summed E-state index contributed by atoms with van der Waals surface area (Å²) < 4.78 is 9.95. The van der Waals surface area contributed by atoms with Gasteiger partial charge in [-0.3, -0.25) is 4.79 Å². The SMILES string of the molecule is C=C=CCC(OCC)OC(C)=O. The van der Waals surface area contributed by atoms with Gasteiger partial charge in [0.2, 0.25) is 6.29 Å². The predicted octanol–water partition coefficient (Wildman–Crippen LogP) is 1.64. The lowest BCUT2D eigenvalue weighted by molar-refractivity contribution is -0.174. The van der Waals surface area contributed by atoms with Crippen molar-refractivity contribution in [1.29, 1.82) is 0 Å². The van der Waals surface area contributed by atoms with Crippen LogP contribution in [0.1, 0.15) is 20.3 Å². The average molecular weight is 170 g/mol. The summed E-state index contributed by atoms with van der Waals surface area (Å²) in [6, 6.07) is 0. The topological polar surface area (TPSA) is 35.5 Å². The molecule has 0 saturated heterocycles. The summed E-state index contributed by atoms with van der Waals surface area (Å²) in [5.74, 6) is -0.342. The van der Waals surface area contributed by atoms with Crippen LogP contribution in [0.3, 0.4) is 0 Å². The summed E-state index contributed by atoms with van der Waals surface area (Å²) in [6.07, 6.45) is 1.67. The van der Waals surface area contributed by atoms with Crippen molar-refractivity contribution in [1.82, 2.24) is 0 Å². The molecule has 0 bridgehead atoms. The highest BCUT2D eigenvalue weighted by atomic mass is 16.7. The minimum atomic E-state index is -0.498. The Labute approximate surface area is 72.7 Å². The van der Waals surface area contributed by atoms with Crippen molar-refractivity contribution in [2.24, 2.45) is 0 Å². The lowest BCUT2D eigenvalue weighted by Crippen LogP contribution is -2.19. The molecule has 0 rings (SSSR count). The van der Waals surface area contributed by atoms with Crippen LogP contribution in [-0.2, 0) is 14.3 Å². The van der Waals surface area contributed by atoms with Gasteiger partial charge < -0.3 is 9.47 Å². The molecule has 0 aliphatic carbocycles. The Balaban J connectivity index is 3.84. The monoisotopic (exact) mass is 170 g/mol. The Hall–Kier alpha value is -1.05. The average Bonchev–Trinajstić information content (AvgIpc) is 2.00. The highest BCUT2D eigenvalue weighted by Crippen LogP contribution is 2.01. The van der Waals surface area contributed by atoms with E-state index in [1.807, 2.05) is 6.92 Å². The van der Waals surface area contributed by atoms with Gasteiger partial charge in [-0.2, -0.15) is 0 Å². The van der Waals surface area contributed by atoms with E-state index in [2.05, 4.69) is 12.3 Å². The highest BCUT2D eigenvalue weighted by molar-refractivity contribution is 5.66. The fourth-order valence-corrected chi connectivity index (χ4v) is 0.701. The van der Waals surface area contributed by atoms with Gasteiger partial charge in [0.1, 0.15) is 0 Å². The molecule has 0 radical (unpaired) electrons. The molecule has 0 aromatic heterocycles. The standard InChI is InChI=1S/C9H14O3/c1-4-6-7-9(11-5-2)12-8(3)10/h6,9H,1,5,7H2,2-3H3. The zero-order valence-electron chi connectivity index (χ0n) is 7.50. The van der Waals surface area contributed by atoms with E-state index in [0.29, 0.717) is 13.0 Å². The normalized spacial score (nSPS) is 11.5. The molecule has 0 aliphatic heterocycles. The van der Waals surface area contributed by atoms with E-state index in [4.69, 9.17) is 9.47 Å². The molecule has 12 heavy (non-hydrogen) atoms. The lowest BCUT2D eigenvalue weighted by atomic mass is 10.4. The van der Waals surface area contributed by atoms with E-state index >= 15 is 0 Å². The smallest absolute Gasteiger partial charge is 0.304 e. The Kier molecular flexibility index (Phi) is 6.07. The molecule has 3 nitrogen and oxygen atoms in total. The second-order valence-electron chi connectivity index (χ2n) is 2.14. The van der Waals surface area contributed by atoms with Gasteiger partial charge in [0.15, 0.2) is 0 Å². The van der Waals surface area contributed by atoms with E-state index in [9.17, 15) is 4.79 Å². The van der Waals surface area contributed by atoms with E-state index in [-0.39, 0.29) is 5.97 Å². The zero-order valence-corrected chi connectivity index (χ0v) is 7.50. The maximum atomic E-state index is 10.5. The van der Waals surface area contributed by atoms with Gasteiger partial charge in [-0.1, -0.05) is 6.58 Å². The molecular formula is C9H14O3. The fraction of sp³-hybridized carbons (Fsp3) is 0.556. The first-order valence-electron chi connectivity index (χ1n) is 3.83. The molecule has 0 aromatic carbocycles. The van der Waals surface area contributed by atoms with Gasteiger partial charge in [-0.25, -0.2) is 0 Å². The number of carbonyl (C=O) groups is 1. The Bertz CT molecular complexity index is 176. The molecule has 0 aliphatic rings.